The summed E-state index contributed by atoms with van der Waals surface area (Å²) in [6, 6.07) is 22.7. The standard InChI is InChI=1S/C27H23N3O2/c1-2-4-18(5-3-1)17-31-21-13-22(14-21)32-27-9-7-20(15-29-27)19-6-8-23-24-16-28-11-10-25(24)30-26(23)12-19/h1-12,15-16,21-22,30H,13-14,17H2. The van der Waals surface area contributed by atoms with Crippen LogP contribution in [0.1, 0.15) is 18.4 Å². The number of nitrogens with zero attached hydrogens (tertiary/aromatic N) is 2. The third-order valence-electron chi connectivity index (χ3n) is 6.14. The van der Waals surface area contributed by atoms with Gasteiger partial charge in [0.2, 0.25) is 5.88 Å². The molecule has 0 atom stereocenters. The first-order valence-corrected chi connectivity index (χ1v) is 11.0. The van der Waals surface area contributed by atoms with Gasteiger partial charge in [0.25, 0.3) is 0 Å². The lowest BCUT2D eigenvalue weighted by Gasteiger charge is -2.34. The molecule has 3 aromatic heterocycles. The normalized spacial score (nSPS) is 18.0. The zero-order valence-electron chi connectivity index (χ0n) is 17.6. The summed E-state index contributed by atoms with van der Waals surface area (Å²) in [7, 11) is 0. The first kappa shape index (κ1) is 19.0. The van der Waals surface area contributed by atoms with E-state index in [2.05, 4.69) is 51.4 Å². The molecular formula is C27H23N3O2. The Kier molecular flexibility index (Phi) is 4.81. The molecule has 5 aromatic rings. The molecule has 1 aliphatic rings. The van der Waals surface area contributed by atoms with E-state index in [1.807, 2.05) is 42.7 Å². The number of pyridine rings is 2. The summed E-state index contributed by atoms with van der Waals surface area (Å²) in [5.41, 5.74) is 5.58. The van der Waals surface area contributed by atoms with Gasteiger partial charge in [-0.15, -0.1) is 0 Å². The highest BCUT2D eigenvalue weighted by Gasteiger charge is 2.32. The summed E-state index contributed by atoms with van der Waals surface area (Å²) >= 11 is 0. The number of rotatable bonds is 6. The molecule has 0 saturated heterocycles. The van der Waals surface area contributed by atoms with Crippen LogP contribution in [0.2, 0.25) is 0 Å². The Hall–Kier alpha value is -3.70. The maximum atomic E-state index is 6.03. The lowest BCUT2D eigenvalue weighted by atomic mass is 9.92. The fraction of sp³-hybridized carbons (Fsp3) is 0.185. The SMILES string of the molecule is c1ccc(COC2CC(Oc3ccc(-c4ccc5c(c4)[nH]c4ccncc45)cn3)C2)cc1. The summed E-state index contributed by atoms with van der Waals surface area (Å²) in [6.07, 6.45) is 7.83. The van der Waals surface area contributed by atoms with Crippen LogP contribution >= 0.6 is 0 Å². The lowest BCUT2D eigenvalue weighted by molar-refractivity contribution is -0.0694. The predicted molar refractivity (Wildman–Crippen MR) is 125 cm³/mol. The topological polar surface area (TPSA) is 60.0 Å². The molecule has 1 N–H and O–H groups in total. The number of hydrogen-bond donors (Lipinski definition) is 1. The molecule has 5 heteroatoms. The van der Waals surface area contributed by atoms with Gasteiger partial charge in [0.15, 0.2) is 0 Å². The van der Waals surface area contributed by atoms with Crippen molar-refractivity contribution in [1.82, 2.24) is 15.0 Å². The van der Waals surface area contributed by atoms with Crippen molar-refractivity contribution < 1.29 is 9.47 Å². The van der Waals surface area contributed by atoms with Crippen molar-refractivity contribution >= 4 is 21.8 Å². The summed E-state index contributed by atoms with van der Waals surface area (Å²) in [5.74, 6) is 0.665. The van der Waals surface area contributed by atoms with E-state index in [0.717, 1.165) is 40.4 Å². The van der Waals surface area contributed by atoms with E-state index in [4.69, 9.17) is 9.47 Å². The quantitative estimate of drug-likeness (QED) is 0.371. The number of nitrogens with one attached hydrogen (secondary N) is 1. The molecule has 0 amide bonds. The number of H-pyrrole nitrogens is 1. The average molecular weight is 422 g/mol. The van der Waals surface area contributed by atoms with Gasteiger partial charge < -0.3 is 14.5 Å². The fourth-order valence-corrected chi connectivity index (χ4v) is 4.25. The van der Waals surface area contributed by atoms with E-state index in [0.29, 0.717) is 12.5 Å². The highest BCUT2D eigenvalue weighted by molar-refractivity contribution is 6.07. The third kappa shape index (κ3) is 3.72. The summed E-state index contributed by atoms with van der Waals surface area (Å²) in [5, 5.41) is 2.32. The van der Waals surface area contributed by atoms with Crippen LogP contribution < -0.4 is 4.74 Å². The highest BCUT2D eigenvalue weighted by atomic mass is 16.5. The number of fused-ring (bicyclic) bond motifs is 3. The molecule has 2 aromatic carbocycles. The second-order valence-corrected chi connectivity index (χ2v) is 8.32. The summed E-state index contributed by atoms with van der Waals surface area (Å²) in [4.78, 5) is 12.2. The molecule has 0 aliphatic heterocycles. The molecule has 0 radical (unpaired) electrons. The number of aromatic amines is 1. The zero-order chi connectivity index (χ0) is 21.3. The van der Waals surface area contributed by atoms with Gasteiger partial charge in [-0.05, 0) is 29.3 Å². The number of ether oxygens (including phenoxy) is 2. The molecule has 1 saturated carbocycles. The minimum atomic E-state index is 0.172. The Bertz CT molecular complexity index is 1360. The van der Waals surface area contributed by atoms with Crippen LogP contribution in [0, 0.1) is 0 Å². The second-order valence-electron chi connectivity index (χ2n) is 8.32. The van der Waals surface area contributed by atoms with Gasteiger partial charge in [0, 0.05) is 64.9 Å². The maximum Gasteiger partial charge on any atom is 0.213 e. The monoisotopic (exact) mass is 421 g/mol. The van der Waals surface area contributed by atoms with Crippen LogP contribution in [-0.4, -0.2) is 27.2 Å². The Morgan fingerprint density at radius 3 is 2.53 bits per heavy atom. The van der Waals surface area contributed by atoms with Crippen molar-refractivity contribution in [2.45, 2.75) is 31.7 Å². The number of benzene rings is 2. The molecule has 1 aliphatic carbocycles. The van der Waals surface area contributed by atoms with Crippen molar-refractivity contribution in [1.29, 1.82) is 0 Å². The average Bonchev–Trinajstić information content (AvgIpc) is 3.19. The molecular weight excluding hydrogens is 398 g/mol. The number of aromatic nitrogens is 3. The molecule has 0 bridgehead atoms. The fourth-order valence-electron chi connectivity index (χ4n) is 4.25. The van der Waals surface area contributed by atoms with E-state index in [1.54, 1.807) is 6.20 Å². The van der Waals surface area contributed by atoms with Crippen molar-refractivity contribution in [2.75, 3.05) is 0 Å². The van der Waals surface area contributed by atoms with E-state index in [9.17, 15) is 0 Å². The molecule has 0 unspecified atom stereocenters. The van der Waals surface area contributed by atoms with Crippen LogP contribution in [-0.2, 0) is 11.3 Å². The van der Waals surface area contributed by atoms with Crippen molar-refractivity contribution in [3.8, 4) is 17.0 Å². The zero-order valence-corrected chi connectivity index (χ0v) is 17.6. The van der Waals surface area contributed by atoms with Crippen LogP contribution in [0.25, 0.3) is 32.9 Å². The first-order valence-electron chi connectivity index (χ1n) is 11.0. The second kappa shape index (κ2) is 8.09. The Labute approximate surface area is 186 Å². The minimum absolute atomic E-state index is 0.172. The van der Waals surface area contributed by atoms with Crippen molar-refractivity contribution in [3.63, 3.8) is 0 Å². The largest absolute Gasteiger partial charge is 0.474 e. The van der Waals surface area contributed by atoms with Gasteiger partial charge in [-0.3, -0.25) is 4.98 Å². The Morgan fingerprint density at radius 1 is 0.812 bits per heavy atom. The maximum absolute atomic E-state index is 6.03. The molecule has 6 rings (SSSR count). The van der Waals surface area contributed by atoms with Gasteiger partial charge in [-0.2, -0.15) is 0 Å². The van der Waals surface area contributed by atoms with E-state index in [-0.39, 0.29) is 12.2 Å². The van der Waals surface area contributed by atoms with Gasteiger partial charge in [-0.1, -0.05) is 42.5 Å². The van der Waals surface area contributed by atoms with Crippen LogP contribution in [0.4, 0.5) is 0 Å². The third-order valence-corrected chi connectivity index (χ3v) is 6.14. The van der Waals surface area contributed by atoms with Gasteiger partial charge in [0.05, 0.1) is 12.7 Å². The highest BCUT2D eigenvalue weighted by Crippen LogP contribution is 2.31. The molecule has 1 fully saturated rings. The Morgan fingerprint density at radius 2 is 1.69 bits per heavy atom. The molecule has 32 heavy (non-hydrogen) atoms. The molecule has 0 spiro atoms. The van der Waals surface area contributed by atoms with E-state index >= 15 is 0 Å². The van der Waals surface area contributed by atoms with E-state index in [1.165, 1.54) is 10.9 Å². The summed E-state index contributed by atoms with van der Waals surface area (Å²) < 4.78 is 12.0. The predicted octanol–water partition coefficient (Wildman–Crippen LogP) is 5.90. The van der Waals surface area contributed by atoms with Gasteiger partial charge in [-0.25, -0.2) is 4.98 Å². The van der Waals surface area contributed by atoms with Crippen molar-refractivity contribution in [3.05, 3.63) is 90.9 Å². The molecule has 3 heterocycles. The Balaban J connectivity index is 1.08. The lowest BCUT2D eigenvalue weighted by Crippen LogP contribution is -2.39. The van der Waals surface area contributed by atoms with E-state index < -0.39 is 0 Å². The first-order chi connectivity index (χ1) is 15.8. The van der Waals surface area contributed by atoms with Gasteiger partial charge in [0.1, 0.15) is 6.10 Å². The van der Waals surface area contributed by atoms with Crippen LogP contribution in [0.3, 0.4) is 0 Å². The molecule has 5 nitrogen and oxygen atoms in total. The van der Waals surface area contributed by atoms with Crippen molar-refractivity contribution in [2.24, 2.45) is 0 Å². The van der Waals surface area contributed by atoms with Gasteiger partial charge >= 0.3 is 0 Å². The molecule has 158 valence electrons. The number of hydrogen-bond acceptors (Lipinski definition) is 4. The summed E-state index contributed by atoms with van der Waals surface area (Å²) in [6.45, 7) is 0.655. The van der Waals surface area contributed by atoms with Crippen LogP contribution in [0.5, 0.6) is 5.88 Å². The smallest absolute Gasteiger partial charge is 0.213 e. The minimum Gasteiger partial charge on any atom is -0.474 e. The van der Waals surface area contributed by atoms with Crippen LogP contribution in [0.15, 0.2) is 85.3 Å².